The van der Waals surface area contributed by atoms with Gasteiger partial charge in [-0.25, -0.2) is 4.98 Å². The minimum atomic E-state index is -0.881. The van der Waals surface area contributed by atoms with Crippen molar-refractivity contribution in [2.24, 2.45) is 0 Å². The summed E-state index contributed by atoms with van der Waals surface area (Å²) in [5, 5.41) is 15.7. The zero-order valence-electron chi connectivity index (χ0n) is 12.4. The van der Waals surface area contributed by atoms with Crippen LogP contribution in [0.3, 0.4) is 0 Å². The predicted molar refractivity (Wildman–Crippen MR) is 90.2 cm³/mol. The number of rotatable bonds is 5. The Hall–Kier alpha value is -2.60. The standard InChI is InChI=1S/C17H15N3O2S/c1-11(16(21)22)23-17-18-15(19-20-17)14-9-7-13(8-10-14)12-5-3-2-4-6-12/h2-11H,1H3,(H,21,22)(H,18,19,20). The van der Waals surface area contributed by atoms with Crippen LogP contribution in [0.1, 0.15) is 6.92 Å². The van der Waals surface area contributed by atoms with E-state index >= 15 is 0 Å². The molecule has 2 aromatic carbocycles. The lowest BCUT2D eigenvalue weighted by molar-refractivity contribution is -0.136. The van der Waals surface area contributed by atoms with Gasteiger partial charge < -0.3 is 5.11 Å². The van der Waals surface area contributed by atoms with Crippen molar-refractivity contribution in [1.29, 1.82) is 0 Å². The summed E-state index contributed by atoms with van der Waals surface area (Å²) in [5.41, 5.74) is 3.19. The summed E-state index contributed by atoms with van der Waals surface area (Å²) in [7, 11) is 0. The molecule has 0 aliphatic rings. The van der Waals surface area contributed by atoms with Gasteiger partial charge in [0.05, 0.1) is 0 Å². The first kappa shape index (κ1) is 15.3. The highest BCUT2D eigenvalue weighted by atomic mass is 32.2. The smallest absolute Gasteiger partial charge is 0.316 e. The Balaban J connectivity index is 1.78. The molecule has 0 bridgehead atoms. The Labute approximate surface area is 137 Å². The van der Waals surface area contributed by atoms with E-state index in [2.05, 4.69) is 27.3 Å². The lowest BCUT2D eigenvalue weighted by Crippen LogP contribution is -2.11. The molecule has 6 heteroatoms. The molecule has 23 heavy (non-hydrogen) atoms. The molecule has 1 aromatic heterocycles. The summed E-state index contributed by atoms with van der Waals surface area (Å²) < 4.78 is 0. The van der Waals surface area contributed by atoms with Gasteiger partial charge in [0.15, 0.2) is 5.82 Å². The Bertz CT molecular complexity index is 800. The van der Waals surface area contributed by atoms with E-state index in [1.165, 1.54) is 0 Å². The number of aliphatic carboxylic acids is 1. The van der Waals surface area contributed by atoms with Crippen LogP contribution in [0.4, 0.5) is 0 Å². The molecular weight excluding hydrogens is 310 g/mol. The van der Waals surface area contributed by atoms with E-state index in [9.17, 15) is 4.79 Å². The molecule has 3 aromatic rings. The number of H-pyrrole nitrogens is 1. The van der Waals surface area contributed by atoms with E-state index in [-0.39, 0.29) is 0 Å². The van der Waals surface area contributed by atoms with Gasteiger partial charge in [-0.15, -0.1) is 5.10 Å². The zero-order chi connectivity index (χ0) is 16.2. The molecule has 0 radical (unpaired) electrons. The first-order valence-electron chi connectivity index (χ1n) is 7.11. The lowest BCUT2D eigenvalue weighted by atomic mass is 10.0. The van der Waals surface area contributed by atoms with E-state index < -0.39 is 11.2 Å². The number of thioether (sulfide) groups is 1. The molecule has 1 heterocycles. The Morgan fingerprint density at radius 3 is 2.30 bits per heavy atom. The second-order valence-electron chi connectivity index (χ2n) is 5.01. The van der Waals surface area contributed by atoms with Crippen LogP contribution in [0.2, 0.25) is 0 Å². The number of aromatic nitrogens is 3. The maximum absolute atomic E-state index is 10.9. The van der Waals surface area contributed by atoms with Crippen LogP contribution in [0.25, 0.3) is 22.5 Å². The van der Waals surface area contributed by atoms with Gasteiger partial charge >= 0.3 is 5.97 Å². The number of carboxylic acids is 1. The molecule has 0 aliphatic heterocycles. The monoisotopic (exact) mass is 325 g/mol. The van der Waals surface area contributed by atoms with E-state index in [1.54, 1.807) is 6.92 Å². The van der Waals surface area contributed by atoms with Crippen molar-refractivity contribution in [1.82, 2.24) is 15.2 Å². The fourth-order valence-corrected chi connectivity index (χ4v) is 2.75. The normalized spacial score (nSPS) is 12.0. The summed E-state index contributed by atoms with van der Waals surface area (Å²) in [5.74, 6) is -0.252. The third kappa shape index (κ3) is 3.60. The first-order chi connectivity index (χ1) is 11.1. The molecule has 3 rings (SSSR count). The summed E-state index contributed by atoms with van der Waals surface area (Å²) in [6.07, 6.45) is 0. The molecule has 0 aliphatic carbocycles. The van der Waals surface area contributed by atoms with Crippen LogP contribution < -0.4 is 0 Å². The average molecular weight is 325 g/mol. The summed E-state index contributed by atoms with van der Waals surface area (Å²) in [6, 6.07) is 18.1. The van der Waals surface area contributed by atoms with Crippen LogP contribution in [-0.4, -0.2) is 31.5 Å². The Morgan fingerprint density at radius 1 is 1.04 bits per heavy atom. The fraction of sp³-hybridized carbons (Fsp3) is 0.118. The van der Waals surface area contributed by atoms with Gasteiger partial charge in [-0.3, -0.25) is 9.89 Å². The van der Waals surface area contributed by atoms with Gasteiger partial charge in [-0.1, -0.05) is 66.4 Å². The van der Waals surface area contributed by atoms with Crippen LogP contribution in [0, 0.1) is 0 Å². The number of hydrogen-bond acceptors (Lipinski definition) is 4. The number of benzene rings is 2. The highest BCUT2D eigenvalue weighted by Crippen LogP contribution is 2.25. The molecule has 0 spiro atoms. The third-order valence-corrected chi connectivity index (χ3v) is 4.31. The topological polar surface area (TPSA) is 78.9 Å². The molecule has 0 amide bonds. The second-order valence-corrected chi connectivity index (χ2v) is 6.32. The average Bonchev–Trinajstić information content (AvgIpc) is 3.04. The molecular formula is C17H15N3O2S. The SMILES string of the molecule is CC(Sc1n[nH]c(-c2ccc(-c3ccccc3)cc2)n1)C(=O)O. The van der Waals surface area contributed by atoms with Crippen molar-refractivity contribution in [3.05, 3.63) is 54.6 Å². The summed E-state index contributed by atoms with van der Waals surface area (Å²) in [6.45, 7) is 1.61. The number of nitrogens with one attached hydrogen (secondary N) is 1. The number of carbonyl (C=O) groups is 1. The van der Waals surface area contributed by atoms with Gasteiger partial charge in [-0.2, -0.15) is 0 Å². The second kappa shape index (κ2) is 6.66. The molecule has 5 nitrogen and oxygen atoms in total. The van der Waals surface area contributed by atoms with Crippen LogP contribution in [0.15, 0.2) is 59.8 Å². The van der Waals surface area contributed by atoms with E-state index in [0.29, 0.717) is 11.0 Å². The highest BCUT2D eigenvalue weighted by molar-refractivity contribution is 8.00. The van der Waals surface area contributed by atoms with Crippen molar-refractivity contribution < 1.29 is 9.90 Å². The van der Waals surface area contributed by atoms with Crippen LogP contribution >= 0.6 is 11.8 Å². The van der Waals surface area contributed by atoms with Gasteiger partial charge in [0, 0.05) is 5.56 Å². The summed E-state index contributed by atoms with van der Waals surface area (Å²) in [4.78, 5) is 15.2. The molecule has 0 saturated heterocycles. The predicted octanol–water partition coefficient (Wildman–Crippen LogP) is 3.70. The van der Waals surface area contributed by atoms with Gasteiger partial charge in [-0.05, 0) is 18.1 Å². The molecule has 1 unspecified atom stereocenters. The minimum Gasteiger partial charge on any atom is -0.480 e. The largest absolute Gasteiger partial charge is 0.480 e. The highest BCUT2D eigenvalue weighted by Gasteiger charge is 2.16. The van der Waals surface area contributed by atoms with Crippen molar-refractivity contribution in [2.45, 2.75) is 17.3 Å². The van der Waals surface area contributed by atoms with Crippen molar-refractivity contribution in [2.75, 3.05) is 0 Å². The van der Waals surface area contributed by atoms with Gasteiger partial charge in [0.1, 0.15) is 5.25 Å². The van der Waals surface area contributed by atoms with Crippen LogP contribution in [-0.2, 0) is 4.79 Å². The lowest BCUT2D eigenvalue weighted by Gasteiger charge is -2.02. The summed E-state index contributed by atoms with van der Waals surface area (Å²) >= 11 is 1.11. The minimum absolute atomic E-state index is 0.432. The number of aromatic amines is 1. The maximum Gasteiger partial charge on any atom is 0.316 e. The van der Waals surface area contributed by atoms with Crippen molar-refractivity contribution >= 4 is 17.7 Å². The van der Waals surface area contributed by atoms with Crippen molar-refractivity contribution in [3.8, 4) is 22.5 Å². The Morgan fingerprint density at radius 2 is 1.65 bits per heavy atom. The molecule has 0 saturated carbocycles. The molecule has 1 atom stereocenters. The zero-order valence-corrected chi connectivity index (χ0v) is 13.2. The van der Waals surface area contributed by atoms with Gasteiger partial charge in [0.25, 0.3) is 0 Å². The molecule has 0 fully saturated rings. The van der Waals surface area contributed by atoms with E-state index in [0.717, 1.165) is 28.5 Å². The third-order valence-electron chi connectivity index (χ3n) is 3.36. The number of carboxylic acid groups (broad SMARTS) is 1. The van der Waals surface area contributed by atoms with Gasteiger partial charge in [0.2, 0.25) is 5.16 Å². The molecule has 2 N–H and O–H groups in total. The van der Waals surface area contributed by atoms with Crippen LogP contribution in [0.5, 0.6) is 0 Å². The Kier molecular flexibility index (Phi) is 4.43. The maximum atomic E-state index is 10.9. The van der Waals surface area contributed by atoms with E-state index in [4.69, 9.17) is 5.11 Å². The number of nitrogens with zero attached hydrogens (tertiary/aromatic N) is 2. The van der Waals surface area contributed by atoms with E-state index in [1.807, 2.05) is 42.5 Å². The fourth-order valence-electron chi connectivity index (χ4n) is 2.09. The number of hydrogen-bond donors (Lipinski definition) is 2. The molecule has 116 valence electrons. The quantitative estimate of drug-likeness (QED) is 0.699. The van der Waals surface area contributed by atoms with Crippen molar-refractivity contribution in [3.63, 3.8) is 0 Å². The first-order valence-corrected chi connectivity index (χ1v) is 7.99.